The van der Waals surface area contributed by atoms with Crippen LogP contribution in [0, 0.1) is 0 Å². The van der Waals surface area contributed by atoms with Crippen molar-refractivity contribution in [2.75, 3.05) is 14.1 Å². The third-order valence-corrected chi connectivity index (χ3v) is 2.35. The topological polar surface area (TPSA) is 59.0 Å². The summed E-state index contributed by atoms with van der Waals surface area (Å²) in [6.07, 6.45) is -3.82. The fraction of sp³-hybridized carbons (Fsp3) is 0.364. The number of benzene rings is 1. The van der Waals surface area contributed by atoms with Gasteiger partial charge in [-0.2, -0.15) is 0 Å². The van der Waals surface area contributed by atoms with Gasteiger partial charge in [0.25, 0.3) is 0 Å². The first-order valence-electron chi connectivity index (χ1n) is 5.10. The molecule has 0 bridgehead atoms. The molecular weight excluding hydrogens is 248 g/mol. The zero-order valence-electron chi connectivity index (χ0n) is 9.74. The van der Waals surface area contributed by atoms with E-state index in [0.29, 0.717) is 12.1 Å². The smallest absolute Gasteiger partial charge is 0.478 e. The lowest BCUT2D eigenvalue weighted by Crippen LogP contribution is -2.26. The Morgan fingerprint density at radius 1 is 1.33 bits per heavy atom. The molecule has 1 N–H and O–H groups in total. The predicted octanol–water partition coefficient (Wildman–Crippen LogP) is 1.77. The van der Waals surface area contributed by atoms with E-state index >= 15 is 0 Å². The third-order valence-electron chi connectivity index (χ3n) is 2.35. The predicted molar refractivity (Wildman–Crippen MR) is 57.0 cm³/mol. The van der Waals surface area contributed by atoms with Crippen molar-refractivity contribution >= 4 is 5.97 Å². The molecule has 1 aliphatic heterocycles. The number of aromatic carboxylic acids is 1. The Morgan fingerprint density at radius 3 is 2.50 bits per heavy atom. The Balaban J connectivity index is 2.51. The van der Waals surface area contributed by atoms with Crippen LogP contribution in [0.5, 0.6) is 11.5 Å². The van der Waals surface area contributed by atoms with E-state index < -0.39 is 18.0 Å². The normalized spacial score (nSPS) is 16.1. The number of nitrogens with zero attached hydrogens (tertiary/aromatic N) is 1. The summed E-state index contributed by atoms with van der Waals surface area (Å²) in [4.78, 5) is 12.7. The van der Waals surface area contributed by atoms with Gasteiger partial charge in [-0.3, -0.25) is 0 Å². The van der Waals surface area contributed by atoms with Gasteiger partial charge < -0.3 is 19.5 Å². The number of hydrogen-bond acceptors (Lipinski definition) is 4. The molecule has 5 nitrogen and oxygen atoms in total. The van der Waals surface area contributed by atoms with Crippen LogP contribution in [-0.4, -0.2) is 36.4 Å². The van der Waals surface area contributed by atoms with E-state index in [1.807, 2.05) is 0 Å². The summed E-state index contributed by atoms with van der Waals surface area (Å²) in [6.45, 7) is 0.335. The minimum absolute atomic E-state index is 0.214. The van der Waals surface area contributed by atoms with Gasteiger partial charge in [0.2, 0.25) is 0 Å². The van der Waals surface area contributed by atoms with E-state index in [2.05, 4.69) is 9.47 Å². The van der Waals surface area contributed by atoms with E-state index in [4.69, 9.17) is 5.11 Å². The van der Waals surface area contributed by atoms with E-state index in [9.17, 15) is 13.6 Å². The Morgan fingerprint density at radius 2 is 1.94 bits per heavy atom. The second-order valence-electron chi connectivity index (χ2n) is 4.14. The first-order valence-corrected chi connectivity index (χ1v) is 5.10. The van der Waals surface area contributed by atoms with Crippen molar-refractivity contribution in [1.29, 1.82) is 0 Å². The van der Waals surface area contributed by atoms with E-state index in [-0.39, 0.29) is 11.3 Å². The van der Waals surface area contributed by atoms with Crippen LogP contribution < -0.4 is 9.47 Å². The molecule has 0 atom stereocenters. The number of ether oxygens (including phenoxy) is 2. The molecular formula is C11H11F2NO4. The molecule has 0 spiro atoms. The molecule has 0 aromatic heterocycles. The molecule has 0 saturated carbocycles. The van der Waals surface area contributed by atoms with Crippen LogP contribution in [0.15, 0.2) is 12.1 Å². The molecule has 0 saturated heterocycles. The maximum Gasteiger partial charge on any atom is 0.586 e. The molecule has 1 heterocycles. The Kier molecular flexibility index (Phi) is 2.86. The van der Waals surface area contributed by atoms with Gasteiger partial charge in [-0.25, -0.2) is 4.79 Å². The number of fused-ring (bicyclic) bond motifs is 1. The largest absolute Gasteiger partial charge is 0.586 e. The molecule has 0 unspecified atom stereocenters. The van der Waals surface area contributed by atoms with Crippen LogP contribution in [-0.2, 0) is 6.54 Å². The number of carbonyl (C=O) groups is 1. The summed E-state index contributed by atoms with van der Waals surface area (Å²) < 4.78 is 34.7. The number of alkyl halides is 2. The van der Waals surface area contributed by atoms with E-state index in [1.54, 1.807) is 19.0 Å². The second kappa shape index (κ2) is 4.09. The summed E-state index contributed by atoms with van der Waals surface area (Å²) in [5.74, 6) is -1.98. The molecule has 1 aromatic rings. The van der Waals surface area contributed by atoms with Gasteiger partial charge >= 0.3 is 12.3 Å². The maximum absolute atomic E-state index is 13.0. The molecule has 0 aliphatic carbocycles. The van der Waals surface area contributed by atoms with Crippen LogP contribution in [0.4, 0.5) is 8.78 Å². The summed E-state index contributed by atoms with van der Waals surface area (Å²) in [6, 6.07) is 2.66. The van der Waals surface area contributed by atoms with E-state index in [0.717, 1.165) is 0 Å². The fourth-order valence-corrected chi connectivity index (χ4v) is 1.71. The lowest BCUT2D eigenvalue weighted by Gasteiger charge is -2.12. The molecule has 1 aromatic carbocycles. The second-order valence-corrected chi connectivity index (χ2v) is 4.14. The van der Waals surface area contributed by atoms with Gasteiger partial charge in [-0.1, -0.05) is 6.07 Å². The van der Waals surface area contributed by atoms with Crippen molar-refractivity contribution in [3.63, 3.8) is 0 Å². The number of rotatable bonds is 3. The number of hydrogen-bond donors (Lipinski definition) is 1. The quantitative estimate of drug-likeness (QED) is 0.896. The number of carboxylic acids is 1. The van der Waals surface area contributed by atoms with Gasteiger partial charge in [0.05, 0.1) is 0 Å². The fourth-order valence-electron chi connectivity index (χ4n) is 1.71. The highest BCUT2D eigenvalue weighted by molar-refractivity contribution is 5.92. The van der Waals surface area contributed by atoms with Crippen molar-refractivity contribution in [2.24, 2.45) is 0 Å². The number of halogens is 2. The summed E-state index contributed by atoms with van der Waals surface area (Å²) in [7, 11) is 3.51. The average Bonchev–Trinajstić information content (AvgIpc) is 2.52. The highest BCUT2D eigenvalue weighted by Gasteiger charge is 2.46. The van der Waals surface area contributed by atoms with Gasteiger partial charge in [0, 0.05) is 12.1 Å². The molecule has 0 fully saturated rings. The highest BCUT2D eigenvalue weighted by Crippen LogP contribution is 2.46. The zero-order chi connectivity index (χ0) is 13.5. The van der Waals surface area contributed by atoms with Crippen molar-refractivity contribution in [2.45, 2.75) is 12.8 Å². The Hall–Kier alpha value is -1.89. The molecule has 0 amide bonds. The molecule has 7 heteroatoms. The zero-order valence-corrected chi connectivity index (χ0v) is 9.74. The van der Waals surface area contributed by atoms with Gasteiger partial charge in [0.15, 0.2) is 11.5 Å². The van der Waals surface area contributed by atoms with Crippen molar-refractivity contribution in [3.05, 3.63) is 23.3 Å². The average molecular weight is 259 g/mol. The first-order chi connectivity index (χ1) is 8.30. The Labute approximate surface area is 102 Å². The van der Waals surface area contributed by atoms with Crippen molar-refractivity contribution in [1.82, 2.24) is 4.90 Å². The molecule has 1 aliphatic rings. The molecule has 2 rings (SSSR count). The highest BCUT2D eigenvalue weighted by atomic mass is 19.3. The minimum atomic E-state index is -3.82. The van der Waals surface area contributed by atoms with Crippen LogP contribution >= 0.6 is 0 Å². The van der Waals surface area contributed by atoms with Crippen LogP contribution in [0.3, 0.4) is 0 Å². The minimum Gasteiger partial charge on any atom is -0.478 e. The van der Waals surface area contributed by atoms with Gasteiger partial charge in [-0.05, 0) is 20.2 Å². The lowest BCUT2D eigenvalue weighted by molar-refractivity contribution is -0.287. The summed E-state index contributed by atoms with van der Waals surface area (Å²) >= 11 is 0. The third kappa shape index (κ3) is 2.21. The maximum atomic E-state index is 13.0. The number of carboxylic acid groups (broad SMARTS) is 1. The van der Waals surface area contributed by atoms with Crippen molar-refractivity contribution in [3.8, 4) is 11.5 Å². The van der Waals surface area contributed by atoms with Gasteiger partial charge in [0.1, 0.15) is 5.56 Å². The molecule has 98 valence electrons. The van der Waals surface area contributed by atoms with Gasteiger partial charge in [-0.15, -0.1) is 8.78 Å². The summed E-state index contributed by atoms with van der Waals surface area (Å²) in [5, 5.41) is 8.90. The standard InChI is InChI=1S/C11H11F2NO4/c1-14(2)5-6-3-4-7(10(15)16)9-8(6)17-11(12,13)18-9/h3-4H,5H2,1-2H3,(H,15,16). The Bertz CT molecular complexity index is 502. The summed E-state index contributed by atoms with van der Waals surface area (Å²) in [5.41, 5.74) is 0.0989. The van der Waals surface area contributed by atoms with Crippen LogP contribution in [0.1, 0.15) is 15.9 Å². The van der Waals surface area contributed by atoms with Crippen LogP contribution in [0.2, 0.25) is 0 Å². The lowest BCUT2D eigenvalue weighted by atomic mass is 10.1. The monoisotopic (exact) mass is 259 g/mol. The molecule has 18 heavy (non-hydrogen) atoms. The SMILES string of the molecule is CN(C)Cc1ccc(C(=O)O)c2c1OC(F)(F)O2. The van der Waals surface area contributed by atoms with Crippen LogP contribution in [0.25, 0.3) is 0 Å². The molecule has 0 radical (unpaired) electrons. The first kappa shape index (κ1) is 12.6. The van der Waals surface area contributed by atoms with E-state index in [1.165, 1.54) is 12.1 Å². The van der Waals surface area contributed by atoms with Crippen molar-refractivity contribution < 1.29 is 28.2 Å².